The van der Waals surface area contributed by atoms with Crippen LogP contribution in [0.1, 0.15) is 137 Å². The summed E-state index contributed by atoms with van der Waals surface area (Å²) in [6.07, 6.45) is 10.8. The zero-order valence-corrected chi connectivity index (χ0v) is 31.5. The quantitative estimate of drug-likeness (QED) is 0.290. The molecule has 1 amide bonds. The third kappa shape index (κ3) is 5.17. The van der Waals surface area contributed by atoms with Gasteiger partial charge in [0.05, 0.1) is 29.9 Å². The largest absolute Gasteiger partial charge is 0.481 e. The molecule has 1 aromatic rings. The number of aryl methyl sites for hydroxylation is 1. The number of carbonyl (C=O) groups excluding carboxylic acids is 3. The van der Waals surface area contributed by atoms with Gasteiger partial charge in [0.2, 0.25) is 0 Å². The van der Waals surface area contributed by atoms with Crippen LogP contribution in [0.5, 0.6) is 0 Å². The van der Waals surface area contributed by atoms with Crippen molar-refractivity contribution in [3.63, 3.8) is 0 Å². The standard InChI is InChI=1S/C40H59N3O6/c1-23(2)31-26(44)19-40(42-33(46)25-21-41-22-43(25)10)18-17-38(8)24(32(31)40)11-12-28-37(7)15-14-29(49-30(45)20-35(3,4)34(47)48)36(5,6)27(37)13-16-39(28,38)9/h21-24,27-29H,11-20H2,1-10H3,(H,42,46)(H,47,48)/t24?,27?,28?,29-,37-,38+,39?,40+/m0/s1. The van der Waals surface area contributed by atoms with Crippen molar-refractivity contribution in [1.29, 1.82) is 0 Å². The lowest BCUT2D eigenvalue weighted by Crippen LogP contribution is -2.67. The third-order valence-electron chi connectivity index (χ3n) is 15.2. The Kier molecular flexibility index (Phi) is 8.43. The molecule has 4 saturated carbocycles. The lowest BCUT2D eigenvalue weighted by molar-refractivity contribution is -0.232. The average Bonchev–Trinajstić information content (AvgIpc) is 3.54. The van der Waals surface area contributed by atoms with Crippen LogP contribution >= 0.6 is 0 Å². The predicted octanol–water partition coefficient (Wildman–Crippen LogP) is 7.30. The third-order valence-corrected chi connectivity index (χ3v) is 15.2. The van der Waals surface area contributed by atoms with Gasteiger partial charge in [-0.05, 0) is 116 Å². The fraction of sp³-hybridized carbons (Fsp3) is 0.775. The highest BCUT2D eigenvalue weighted by Gasteiger charge is 2.70. The number of nitrogens with one attached hydrogen (secondary N) is 1. The lowest BCUT2D eigenvalue weighted by atomic mass is 9.33. The van der Waals surface area contributed by atoms with Crippen LogP contribution in [0.25, 0.3) is 0 Å². The summed E-state index contributed by atoms with van der Waals surface area (Å²) in [7, 11) is 1.82. The van der Waals surface area contributed by atoms with Crippen molar-refractivity contribution in [1.82, 2.24) is 14.9 Å². The number of carboxylic acids is 1. The topological polar surface area (TPSA) is 128 Å². The van der Waals surface area contributed by atoms with E-state index in [-0.39, 0.29) is 57.7 Å². The average molecular weight is 678 g/mol. The molecule has 4 unspecified atom stereocenters. The van der Waals surface area contributed by atoms with Crippen molar-refractivity contribution in [2.75, 3.05) is 0 Å². The van der Waals surface area contributed by atoms with Gasteiger partial charge in [0, 0.05) is 18.9 Å². The summed E-state index contributed by atoms with van der Waals surface area (Å²) in [4.78, 5) is 56.6. The van der Waals surface area contributed by atoms with Crippen LogP contribution in [0.4, 0.5) is 0 Å². The molecule has 0 aromatic carbocycles. The van der Waals surface area contributed by atoms with Gasteiger partial charge in [0.15, 0.2) is 5.78 Å². The molecule has 0 saturated heterocycles. The first-order chi connectivity index (χ1) is 22.6. The Morgan fingerprint density at radius 2 is 1.69 bits per heavy atom. The highest BCUT2D eigenvalue weighted by atomic mass is 16.5. The molecular formula is C40H59N3O6. The number of ketones is 1. The van der Waals surface area contributed by atoms with Crippen molar-refractivity contribution in [3.8, 4) is 0 Å². The number of rotatable bonds is 7. The molecule has 4 fully saturated rings. The Morgan fingerprint density at radius 3 is 2.31 bits per heavy atom. The maximum absolute atomic E-state index is 13.9. The molecule has 5 aliphatic carbocycles. The zero-order chi connectivity index (χ0) is 36.1. The molecule has 9 heteroatoms. The Balaban J connectivity index is 1.30. The van der Waals surface area contributed by atoms with E-state index in [0.29, 0.717) is 24.0 Å². The number of hydrogen-bond donors (Lipinski definition) is 2. The first kappa shape index (κ1) is 35.8. The number of ether oxygens (including phenoxy) is 1. The first-order valence-electron chi connectivity index (χ1n) is 18.6. The number of imidazole rings is 1. The number of fused-ring (bicyclic) bond motifs is 7. The Hall–Kier alpha value is -2.97. The number of carboxylic acid groups (broad SMARTS) is 1. The Morgan fingerprint density at radius 1 is 1.00 bits per heavy atom. The van der Waals surface area contributed by atoms with Crippen LogP contribution in [0, 0.1) is 50.7 Å². The second-order valence-corrected chi connectivity index (χ2v) is 18.8. The van der Waals surface area contributed by atoms with Crippen LogP contribution in [0.15, 0.2) is 23.7 Å². The maximum Gasteiger partial charge on any atom is 0.309 e. The molecule has 6 rings (SSSR count). The van der Waals surface area contributed by atoms with Crippen LogP contribution < -0.4 is 5.32 Å². The number of esters is 1. The maximum atomic E-state index is 13.9. The molecule has 1 aromatic heterocycles. The van der Waals surface area contributed by atoms with Crippen LogP contribution in [-0.2, 0) is 26.2 Å². The van der Waals surface area contributed by atoms with Crippen LogP contribution in [0.3, 0.4) is 0 Å². The van der Waals surface area contributed by atoms with Gasteiger partial charge in [0.25, 0.3) is 5.91 Å². The Bertz CT molecular complexity index is 1600. The van der Waals surface area contributed by atoms with Gasteiger partial charge in [0.1, 0.15) is 11.8 Å². The summed E-state index contributed by atoms with van der Waals surface area (Å²) >= 11 is 0. The monoisotopic (exact) mass is 677 g/mol. The fourth-order valence-corrected chi connectivity index (χ4v) is 12.4. The molecule has 0 aliphatic heterocycles. The summed E-state index contributed by atoms with van der Waals surface area (Å²) < 4.78 is 7.88. The van der Waals surface area contributed by atoms with Crippen LogP contribution in [0.2, 0.25) is 0 Å². The summed E-state index contributed by atoms with van der Waals surface area (Å²) in [5.41, 5.74) is 0.621. The smallest absolute Gasteiger partial charge is 0.309 e. The number of hydrogen-bond acceptors (Lipinski definition) is 6. The van der Waals surface area contributed by atoms with E-state index in [1.807, 2.05) is 7.05 Å². The number of aromatic nitrogens is 2. The number of carbonyl (C=O) groups is 4. The molecule has 0 bridgehead atoms. The number of aliphatic carboxylic acids is 1. The van der Waals surface area contributed by atoms with E-state index in [4.69, 9.17) is 4.74 Å². The second kappa shape index (κ2) is 11.5. The van der Waals surface area contributed by atoms with Gasteiger partial charge in [-0.25, -0.2) is 4.98 Å². The van der Waals surface area contributed by atoms with Crippen molar-refractivity contribution in [2.24, 2.45) is 57.8 Å². The molecule has 0 spiro atoms. The predicted molar refractivity (Wildman–Crippen MR) is 186 cm³/mol. The van der Waals surface area contributed by atoms with Crippen molar-refractivity contribution in [3.05, 3.63) is 29.4 Å². The van der Waals surface area contributed by atoms with E-state index in [0.717, 1.165) is 56.9 Å². The summed E-state index contributed by atoms with van der Waals surface area (Å²) in [6.45, 7) is 19.4. The number of allylic oxidation sites excluding steroid dienone is 1. The van der Waals surface area contributed by atoms with Crippen molar-refractivity contribution < 1.29 is 29.0 Å². The number of nitrogens with zero attached hydrogens (tertiary/aromatic N) is 2. The van der Waals surface area contributed by atoms with E-state index in [1.54, 1.807) is 30.9 Å². The Labute approximate surface area is 292 Å². The first-order valence-corrected chi connectivity index (χ1v) is 18.6. The highest BCUT2D eigenvalue weighted by molar-refractivity contribution is 6.03. The van der Waals surface area contributed by atoms with E-state index < -0.39 is 22.9 Å². The van der Waals surface area contributed by atoms with E-state index in [9.17, 15) is 24.3 Å². The molecule has 49 heavy (non-hydrogen) atoms. The normalized spacial score (nSPS) is 38.3. The van der Waals surface area contributed by atoms with E-state index >= 15 is 0 Å². The molecule has 1 heterocycles. The molecule has 9 nitrogen and oxygen atoms in total. The summed E-state index contributed by atoms with van der Waals surface area (Å²) in [5, 5.41) is 13.0. The zero-order valence-electron chi connectivity index (χ0n) is 31.5. The van der Waals surface area contributed by atoms with Crippen molar-refractivity contribution in [2.45, 2.75) is 138 Å². The summed E-state index contributed by atoms with van der Waals surface area (Å²) in [6, 6.07) is 0. The minimum Gasteiger partial charge on any atom is -0.481 e. The van der Waals surface area contributed by atoms with Crippen molar-refractivity contribution >= 4 is 23.6 Å². The molecule has 2 N–H and O–H groups in total. The molecule has 5 aliphatic rings. The van der Waals surface area contributed by atoms with Gasteiger partial charge in [-0.1, -0.05) is 48.5 Å². The minimum absolute atomic E-state index is 0.0329. The minimum atomic E-state index is -1.17. The number of amides is 1. The van der Waals surface area contributed by atoms with Gasteiger partial charge < -0.3 is 19.7 Å². The summed E-state index contributed by atoms with van der Waals surface area (Å²) in [5.74, 6) is -0.286. The fourth-order valence-electron chi connectivity index (χ4n) is 12.4. The van der Waals surface area contributed by atoms with Gasteiger partial charge in [-0.2, -0.15) is 0 Å². The molecule has 270 valence electrons. The van der Waals surface area contributed by atoms with Gasteiger partial charge >= 0.3 is 11.9 Å². The molecular weight excluding hydrogens is 618 g/mol. The van der Waals surface area contributed by atoms with E-state index in [1.165, 1.54) is 5.57 Å². The van der Waals surface area contributed by atoms with E-state index in [2.05, 4.69) is 58.8 Å². The lowest BCUT2D eigenvalue weighted by Gasteiger charge is -2.72. The SMILES string of the molecule is CC(C)C1=C2C3CCC4C(C)(CCC5C(C)(C)[C@@H](OC(=O)CC(C)(C)C(=O)O)CC[C@@]54C)[C@]3(C)CC[C@@]2(NC(=O)c2cncn2C)CC1=O. The molecule has 8 atom stereocenters. The van der Waals surface area contributed by atoms with Gasteiger partial charge in [-0.15, -0.1) is 0 Å². The number of Topliss-reactive ketones (excluding diaryl/α,β-unsaturated/α-hetero) is 1. The van der Waals surface area contributed by atoms with Crippen LogP contribution in [-0.4, -0.2) is 49.9 Å². The van der Waals surface area contributed by atoms with Gasteiger partial charge in [-0.3, -0.25) is 19.2 Å². The molecule has 0 radical (unpaired) electrons. The highest BCUT2D eigenvalue weighted by Crippen LogP contribution is 2.76. The second-order valence-electron chi connectivity index (χ2n) is 18.8.